The zero-order valence-electron chi connectivity index (χ0n) is 12.4. The molecule has 6 atom stereocenters. The van der Waals surface area contributed by atoms with Crippen LogP contribution in [-0.4, -0.2) is 22.5 Å². The van der Waals surface area contributed by atoms with E-state index in [-0.39, 0.29) is 5.41 Å². The van der Waals surface area contributed by atoms with E-state index < -0.39 is 12.3 Å². The molecule has 4 rings (SSSR count). The lowest BCUT2D eigenvalue weighted by Crippen LogP contribution is -2.44. The van der Waals surface area contributed by atoms with Crippen molar-refractivity contribution in [2.24, 2.45) is 17.3 Å². The molecule has 2 N–H and O–H groups in total. The Morgan fingerprint density at radius 1 is 1.29 bits per heavy atom. The van der Waals surface area contributed by atoms with Gasteiger partial charge in [-0.2, -0.15) is 0 Å². The Kier molecular flexibility index (Phi) is 2.88. The summed E-state index contributed by atoms with van der Waals surface area (Å²) in [4.78, 5) is 0. The Labute approximate surface area is 125 Å². The Hall–Kier alpha value is -1.09. The van der Waals surface area contributed by atoms with Crippen molar-refractivity contribution in [3.05, 3.63) is 29.3 Å². The van der Waals surface area contributed by atoms with Crippen molar-refractivity contribution in [1.29, 1.82) is 0 Å². The molecule has 3 heteroatoms. The highest BCUT2D eigenvalue weighted by Gasteiger charge is 2.58. The van der Waals surface area contributed by atoms with Crippen LogP contribution >= 0.6 is 0 Å². The summed E-state index contributed by atoms with van der Waals surface area (Å²) in [6.07, 6.45) is 2.63. The molecule has 0 heterocycles. The van der Waals surface area contributed by atoms with Crippen molar-refractivity contribution < 1.29 is 14.6 Å². The van der Waals surface area contributed by atoms with Crippen molar-refractivity contribution in [2.45, 2.75) is 57.2 Å². The van der Waals surface area contributed by atoms with Gasteiger partial charge in [0.05, 0.1) is 6.10 Å². The molecular formula is C18H23FO2. The number of fused-ring (bicyclic) bond motifs is 5. The third-order valence-electron chi connectivity index (χ3n) is 6.65. The van der Waals surface area contributed by atoms with E-state index in [4.69, 9.17) is 0 Å². The van der Waals surface area contributed by atoms with E-state index in [0.29, 0.717) is 29.9 Å². The lowest BCUT2D eigenvalue weighted by atomic mass is 9.55. The van der Waals surface area contributed by atoms with Crippen molar-refractivity contribution in [2.75, 3.05) is 0 Å². The first kappa shape index (κ1) is 13.6. The van der Waals surface area contributed by atoms with E-state index in [2.05, 4.69) is 13.0 Å². The van der Waals surface area contributed by atoms with Gasteiger partial charge in [-0.05, 0) is 78.5 Å². The van der Waals surface area contributed by atoms with Gasteiger partial charge in [-0.25, -0.2) is 4.39 Å². The molecule has 1 aromatic carbocycles. The summed E-state index contributed by atoms with van der Waals surface area (Å²) in [5.74, 6) is 1.59. The van der Waals surface area contributed by atoms with Gasteiger partial charge in [0.1, 0.15) is 11.9 Å². The fraction of sp³-hybridized carbons (Fsp3) is 0.667. The molecule has 1 aromatic rings. The van der Waals surface area contributed by atoms with Gasteiger partial charge in [0.25, 0.3) is 0 Å². The summed E-state index contributed by atoms with van der Waals surface area (Å²) in [7, 11) is 0. The number of aliphatic hydroxyl groups excluding tert-OH is 1. The molecule has 0 aliphatic heterocycles. The zero-order chi connectivity index (χ0) is 14.8. The predicted octanol–water partition coefficient (Wildman–Crippen LogP) is 3.56. The summed E-state index contributed by atoms with van der Waals surface area (Å²) < 4.78 is 14.1. The van der Waals surface area contributed by atoms with E-state index in [0.717, 1.165) is 25.7 Å². The molecule has 2 nitrogen and oxygen atoms in total. The van der Waals surface area contributed by atoms with Crippen LogP contribution in [0.2, 0.25) is 0 Å². The van der Waals surface area contributed by atoms with Crippen LogP contribution in [0.15, 0.2) is 18.2 Å². The Balaban J connectivity index is 1.71. The maximum atomic E-state index is 14.1. The molecule has 0 amide bonds. The van der Waals surface area contributed by atoms with Crippen LogP contribution in [-0.2, 0) is 6.42 Å². The van der Waals surface area contributed by atoms with Crippen LogP contribution in [0.25, 0.3) is 0 Å². The van der Waals surface area contributed by atoms with Gasteiger partial charge >= 0.3 is 0 Å². The number of aromatic hydroxyl groups is 1. The van der Waals surface area contributed by atoms with Gasteiger partial charge in [0.15, 0.2) is 0 Å². The average Bonchev–Trinajstić information content (AvgIpc) is 2.70. The molecule has 2 saturated carbocycles. The molecule has 0 radical (unpaired) electrons. The van der Waals surface area contributed by atoms with Crippen LogP contribution < -0.4 is 0 Å². The quantitative estimate of drug-likeness (QED) is 0.766. The molecule has 3 unspecified atom stereocenters. The predicted molar refractivity (Wildman–Crippen MR) is 79.0 cm³/mol. The van der Waals surface area contributed by atoms with Crippen LogP contribution in [0, 0.1) is 17.3 Å². The number of phenolic OH excluding ortho intramolecular Hbond substituents is 1. The second-order valence-corrected chi connectivity index (χ2v) is 7.54. The molecule has 21 heavy (non-hydrogen) atoms. The smallest absolute Gasteiger partial charge is 0.127 e. The van der Waals surface area contributed by atoms with E-state index in [1.807, 2.05) is 6.07 Å². The first-order valence-electron chi connectivity index (χ1n) is 8.14. The highest BCUT2D eigenvalue weighted by molar-refractivity contribution is 5.40. The normalized spacial score (nSPS) is 44.8. The monoisotopic (exact) mass is 289 g/mol. The minimum absolute atomic E-state index is 0.241. The first-order chi connectivity index (χ1) is 10.0. The van der Waals surface area contributed by atoms with Crippen molar-refractivity contribution >= 4 is 0 Å². The van der Waals surface area contributed by atoms with E-state index in [1.54, 1.807) is 6.07 Å². The second-order valence-electron chi connectivity index (χ2n) is 7.54. The number of benzene rings is 1. The van der Waals surface area contributed by atoms with Crippen molar-refractivity contribution in [3.8, 4) is 5.75 Å². The number of hydrogen-bond acceptors (Lipinski definition) is 2. The summed E-state index contributed by atoms with van der Waals surface area (Å²) in [6.45, 7) is 2.09. The molecule has 3 aliphatic rings. The molecule has 0 aromatic heterocycles. The lowest BCUT2D eigenvalue weighted by Gasteiger charge is -2.49. The molecule has 114 valence electrons. The minimum Gasteiger partial charge on any atom is -0.508 e. The average molecular weight is 289 g/mol. The Morgan fingerprint density at radius 2 is 2.10 bits per heavy atom. The first-order valence-corrected chi connectivity index (χ1v) is 8.14. The van der Waals surface area contributed by atoms with Gasteiger partial charge in [-0.1, -0.05) is 13.0 Å². The number of aryl methyl sites for hydroxylation is 1. The number of halogens is 1. The van der Waals surface area contributed by atoms with E-state index >= 15 is 0 Å². The molecule has 2 fully saturated rings. The third-order valence-corrected chi connectivity index (χ3v) is 6.65. The number of hydrogen-bond donors (Lipinski definition) is 2. The van der Waals surface area contributed by atoms with Gasteiger partial charge in [-0.15, -0.1) is 0 Å². The molecule has 0 bridgehead atoms. The standard InChI is InChI=1S/C18H23FO2/c1-18-7-6-13-12-5-3-11(20)8-10(12)2-4-14(13)15(18)9-16(19)17(18)21/h3,5,8,13-17,20-21H,2,4,6-7,9H2,1H3/t13?,14?,15?,16-,17+,18+/m1/s1/i19-1. The van der Waals surface area contributed by atoms with Crippen LogP contribution in [0.5, 0.6) is 5.75 Å². The molecule has 0 spiro atoms. The highest BCUT2D eigenvalue weighted by atomic mass is 18.2. The van der Waals surface area contributed by atoms with Crippen molar-refractivity contribution in [1.82, 2.24) is 0 Å². The number of alkyl halides is 1. The van der Waals surface area contributed by atoms with Crippen molar-refractivity contribution in [3.63, 3.8) is 0 Å². The minimum atomic E-state index is -1.06. The fourth-order valence-electron chi connectivity index (χ4n) is 5.51. The Morgan fingerprint density at radius 3 is 2.90 bits per heavy atom. The molecule has 3 aliphatic carbocycles. The third kappa shape index (κ3) is 1.79. The lowest BCUT2D eigenvalue weighted by molar-refractivity contribution is -0.0365. The summed E-state index contributed by atoms with van der Waals surface area (Å²) in [6, 6.07) is 5.72. The highest BCUT2D eigenvalue weighted by Crippen LogP contribution is 2.61. The summed E-state index contributed by atoms with van der Waals surface area (Å²) >= 11 is 0. The Bertz CT molecular complexity index is 572. The van der Waals surface area contributed by atoms with Gasteiger partial charge in [0.2, 0.25) is 0 Å². The fourth-order valence-corrected chi connectivity index (χ4v) is 5.51. The van der Waals surface area contributed by atoms with Crippen LogP contribution in [0.1, 0.15) is 49.7 Å². The van der Waals surface area contributed by atoms with Gasteiger partial charge in [-0.3, -0.25) is 0 Å². The maximum Gasteiger partial charge on any atom is 0.127 e. The largest absolute Gasteiger partial charge is 0.508 e. The topological polar surface area (TPSA) is 40.5 Å². The zero-order valence-corrected chi connectivity index (χ0v) is 12.4. The number of phenols is 1. The van der Waals surface area contributed by atoms with Gasteiger partial charge in [0, 0.05) is 0 Å². The maximum absolute atomic E-state index is 14.1. The number of aliphatic hydroxyl groups is 1. The second kappa shape index (κ2) is 4.45. The van der Waals surface area contributed by atoms with Gasteiger partial charge < -0.3 is 10.2 Å². The SMILES string of the molecule is C[C@]12CCC3c4ccc(O)cc4CCC3C1C[C@@H]([18F])[C@@H]2O. The summed E-state index contributed by atoms with van der Waals surface area (Å²) in [5, 5.41) is 19.9. The van der Waals surface area contributed by atoms with Crippen LogP contribution in [0.3, 0.4) is 0 Å². The molecule has 0 saturated heterocycles. The molecular weight excluding hydrogens is 266 g/mol. The van der Waals surface area contributed by atoms with Crippen LogP contribution in [0.4, 0.5) is 4.39 Å². The van der Waals surface area contributed by atoms with E-state index in [9.17, 15) is 14.6 Å². The van der Waals surface area contributed by atoms with E-state index in [1.165, 1.54) is 11.1 Å². The number of rotatable bonds is 0. The summed E-state index contributed by atoms with van der Waals surface area (Å²) in [5.41, 5.74) is 2.37.